The second-order valence-corrected chi connectivity index (χ2v) is 8.94. The van der Waals surface area contributed by atoms with Crippen molar-refractivity contribution in [1.82, 2.24) is 9.62 Å². The Morgan fingerprint density at radius 3 is 2.50 bits per heavy atom. The van der Waals surface area contributed by atoms with E-state index < -0.39 is 15.8 Å². The van der Waals surface area contributed by atoms with E-state index in [1.807, 2.05) is 6.07 Å². The summed E-state index contributed by atoms with van der Waals surface area (Å²) in [5, 5.41) is 0. The number of methoxy groups -OCH3 is 1. The number of nitrogens with one attached hydrogen (secondary N) is 1. The van der Waals surface area contributed by atoms with Gasteiger partial charge in [-0.25, -0.2) is 17.5 Å². The van der Waals surface area contributed by atoms with Crippen LogP contribution in [-0.2, 0) is 16.4 Å². The lowest BCUT2D eigenvalue weighted by Gasteiger charge is -2.32. The van der Waals surface area contributed by atoms with Gasteiger partial charge in [-0.05, 0) is 62.0 Å². The monoisotopic (exact) mass is 406 g/mol. The maximum atomic E-state index is 13.8. The molecule has 0 radical (unpaired) electrons. The molecule has 3 rings (SSSR count). The molecule has 1 heterocycles. The SMILES string of the molecule is COc1ccc(S(=O)(=O)NCC2CCN(CCc3ccccc3)CC2)cc1F. The number of piperidine rings is 1. The zero-order chi connectivity index (χ0) is 20.0. The molecule has 152 valence electrons. The molecule has 1 aliphatic rings. The molecule has 5 nitrogen and oxygen atoms in total. The molecule has 0 atom stereocenters. The predicted molar refractivity (Wildman–Crippen MR) is 107 cm³/mol. The molecule has 2 aromatic carbocycles. The Bertz CT molecular complexity index is 866. The molecule has 2 aromatic rings. The van der Waals surface area contributed by atoms with Crippen molar-refractivity contribution in [2.45, 2.75) is 24.2 Å². The molecule has 0 amide bonds. The molecule has 0 aliphatic carbocycles. The number of likely N-dealkylation sites (tertiary alicyclic amines) is 1. The van der Waals surface area contributed by atoms with E-state index in [0.717, 1.165) is 45.0 Å². The Morgan fingerprint density at radius 1 is 1.14 bits per heavy atom. The van der Waals surface area contributed by atoms with Crippen molar-refractivity contribution < 1.29 is 17.5 Å². The summed E-state index contributed by atoms with van der Waals surface area (Å²) in [4.78, 5) is 2.35. The maximum Gasteiger partial charge on any atom is 0.240 e. The minimum Gasteiger partial charge on any atom is -0.494 e. The van der Waals surface area contributed by atoms with Crippen LogP contribution < -0.4 is 9.46 Å². The first-order valence-corrected chi connectivity index (χ1v) is 11.1. The van der Waals surface area contributed by atoms with E-state index in [-0.39, 0.29) is 10.6 Å². The molecule has 0 unspecified atom stereocenters. The number of hydrogen-bond donors (Lipinski definition) is 1. The van der Waals surface area contributed by atoms with Crippen molar-refractivity contribution in [3.63, 3.8) is 0 Å². The van der Waals surface area contributed by atoms with Gasteiger partial charge in [0.25, 0.3) is 0 Å². The smallest absolute Gasteiger partial charge is 0.240 e. The first-order valence-electron chi connectivity index (χ1n) is 9.57. The van der Waals surface area contributed by atoms with Crippen LogP contribution in [0.1, 0.15) is 18.4 Å². The largest absolute Gasteiger partial charge is 0.494 e. The van der Waals surface area contributed by atoms with Crippen LogP contribution in [0.3, 0.4) is 0 Å². The molecule has 0 saturated carbocycles. The van der Waals surface area contributed by atoms with E-state index in [0.29, 0.717) is 12.5 Å². The Labute approximate surface area is 166 Å². The highest BCUT2D eigenvalue weighted by Crippen LogP contribution is 2.22. The summed E-state index contributed by atoms with van der Waals surface area (Å²) >= 11 is 0. The Morgan fingerprint density at radius 2 is 1.86 bits per heavy atom. The summed E-state index contributed by atoms with van der Waals surface area (Å²) in [5.41, 5.74) is 1.34. The Kier molecular flexibility index (Phi) is 7.04. The van der Waals surface area contributed by atoms with E-state index in [9.17, 15) is 12.8 Å². The van der Waals surface area contributed by atoms with Crippen molar-refractivity contribution in [2.24, 2.45) is 5.92 Å². The second kappa shape index (κ2) is 9.49. The van der Waals surface area contributed by atoms with Crippen molar-refractivity contribution in [3.05, 3.63) is 59.9 Å². The third-order valence-corrected chi connectivity index (χ3v) is 6.68. The van der Waals surface area contributed by atoms with Crippen molar-refractivity contribution in [2.75, 3.05) is 33.3 Å². The fraction of sp³-hybridized carbons (Fsp3) is 0.429. The number of rotatable bonds is 8. The third kappa shape index (κ3) is 5.53. The van der Waals surface area contributed by atoms with E-state index in [1.165, 1.54) is 24.8 Å². The van der Waals surface area contributed by atoms with Gasteiger partial charge in [-0.1, -0.05) is 30.3 Å². The maximum absolute atomic E-state index is 13.8. The van der Waals surface area contributed by atoms with Gasteiger partial charge < -0.3 is 9.64 Å². The minimum absolute atomic E-state index is 0.0295. The lowest BCUT2D eigenvalue weighted by molar-refractivity contribution is 0.187. The minimum atomic E-state index is -3.73. The number of sulfonamides is 1. The molecule has 0 bridgehead atoms. The van der Waals surface area contributed by atoms with E-state index in [2.05, 4.69) is 33.9 Å². The van der Waals surface area contributed by atoms with Gasteiger partial charge in [0.05, 0.1) is 12.0 Å². The number of hydrogen-bond acceptors (Lipinski definition) is 4. The van der Waals surface area contributed by atoms with Crippen molar-refractivity contribution in [1.29, 1.82) is 0 Å². The molecule has 7 heteroatoms. The lowest BCUT2D eigenvalue weighted by Crippen LogP contribution is -2.39. The predicted octanol–water partition coefficient (Wildman–Crippen LogP) is 3.07. The highest BCUT2D eigenvalue weighted by molar-refractivity contribution is 7.89. The van der Waals surface area contributed by atoms with E-state index in [4.69, 9.17) is 4.74 Å². The number of ether oxygens (including phenoxy) is 1. The fourth-order valence-corrected chi connectivity index (χ4v) is 4.60. The molecular weight excluding hydrogens is 379 g/mol. The summed E-state index contributed by atoms with van der Waals surface area (Å²) in [5.74, 6) is -0.357. The highest BCUT2D eigenvalue weighted by atomic mass is 32.2. The van der Waals surface area contributed by atoms with Crippen LogP contribution in [0.2, 0.25) is 0 Å². The highest BCUT2D eigenvalue weighted by Gasteiger charge is 2.22. The summed E-state index contributed by atoms with van der Waals surface area (Å²) < 4.78 is 46.1. The van der Waals surface area contributed by atoms with Crippen LogP contribution in [0.15, 0.2) is 53.4 Å². The first kappa shape index (κ1) is 20.8. The standard InChI is InChI=1S/C21H27FN2O3S/c1-27-21-8-7-19(15-20(21)22)28(25,26)23-16-18-10-13-24(14-11-18)12-9-17-5-3-2-4-6-17/h2-8,15,18,23H,9-14,16H2,1H3. The molecule has 1 N–H and O–H groups in total. The van der Waals surface area contributed by atoms with Crippen LogP contribution >= 0.6 is 0 Å². The first-order chi connectivity index (χ1) is 13.5. The van der Waals surface area contributed by atoms with Gasteiger partial charge >= 0.3 is 0 Å². The molecule has 28 heavy (non-hydrogen) atoms. The van der Waals surface area contributed by atoms with Crippen LogP contribution in [0.25, 0.3) is 0 Å². The fourth-order valence-electron chi connectivity index (χ4n) is 3.47. The van der Waals surface area contributed by atoms with Gasteiger partial charge in [-0.2, -0.15) is 0 Å². The molecule has 1 saturated heterocycles. The molecule has 1 fully saturated rings. The average Bonchev–Trinajstić information content (AvgIpc) is 2.72. The summed E-state index contributed by atoms with van der Waals surface area (Å²) in [6.07, 6.45) is 2.93. The number of halogens is 1. The second-order valence-electron chi connectivity index (χ2n) is 7.17. The van der Waals surface area contributed by atoms with Crippen LogP contribution in [-0.4, -0.2) is 46.6 Å². The Balaban J connectivity index is 1.45. The number of benzene rings is 2. The van der Waals surface area contributed by atoms with Gasteiger partial charge in [0.1, 0.15) is 0 Å². The molecule has 0 spiro atoms. The summed E-state index contributed by atoms with van der Waals surface area (Å²) in [6, 6.07) is 14.1. The average molecular weight is 407 g/mol. The zero-order valence-corrected chi connectivity index (χ0v) is 16.9. The van der Waals surface area contributed by atoms with Gasteiger partial charge in [0.2, 0.25) is 10.0 Å². The van der Waals surface area contributed by atoms with Gasteiger partial charge in [-0.15, -0.1) is 0 Å². The lowest BCUT2D eigenvalue weighted by atomic mass is 9.97. The van der Waals surface area contributed by atoms with Gasteiger partial charge in [-0.3, -0.25) is 0 Å². The molecule has 1 aliphatic heterocycles. The van der Waals surface area contributed by atoms with Crippen molar-refractivity contribution >= 4 is 10.0 Å². The van der Waals surface area contributed by atoms with Gasteiger partial charge in [0, 0.05) is 13.1 Å². The normalized spacial score (nSPS) is 16.2. The van der Waals surface area contributed by atoms with Gasteiger partial charge in [0.15, 0.2) is 11.6 Å². The molecular formula is C21H27FN2O3S. The Hall–Kier alpha value is -1.96. The quantitative estimate of drug-likeness (QED) is 0.732. The summed E-state index contributed by atoms with van der Waals surface area (Å²) in [7, 11) is -2.38. The summed E-state index contributed by atoms with van der Waals surface area (Å²) in [6.45, 7) is 3.34. The van der Waals surface area contributed by atoms with Crippen LogP contribution in [0.4, 0.5) is 4.39 Å². The van der Waals surface area contributed by atoms with E-state index in [1.54, 1.807) is 0 Å². The van der Waals surface area contributed by atoms with Crippen LogP contribution in [0.5, 0.6) is 5.75 Å². The zero-order valence-electron chi connectivity index (χ0n) is 16.1. The molecule has 0 aromatic heterocycles. The van der Waals surface area contributed by atoms with Crippen LogP contribution in [0, 0.1) is 11.7 Å². The van der Waals surface area contributed by atoms with Crippen molar-refractivity contribution in [3.8, 4) is 5.75 Å². The van der Waals surface area contributed by atoms with E-state index >= 15 is 0 Å². The number of nitrogens with zero attached hydrogens (tertiary/aromatic N) is 1. The topological polar surface area (TPSA) is 58.6 Å². The third-order valence-electron chi connectivity index (χ3n) is 5.26.